The van der Waals surface area contributed by atoms with Gasteiger partial charge in [-0.15, -0.1) is 0 Å². The third-order valence-corrected chi connectivity index (χ3v) is 3.58. The Labute approximate surface area is 143 Å². The van der Waals surface area contributed by atoms with Crippen LogP contribution in [-0.4, -0.2) is 23.9 Å². The summed E-state index contributed by atoms with van der Waals surface area (Å²) in [5.41, 5.74) is 1.96. The molecule has 0 aliphatic carbocycles. The molecule has 2 aromatic carbocycles. The van der Waals surface area contributed by atoms with Crippen LogP contribution < -0.4 is 0 Å². The molecule has 0 radical (unpaired) electrons. The summed E-state index contributed by atoms with van der Waals surface area (Å²) in [6.45, 7) is 3.13. The summed E-state index contributed by atoms with van der Waals surface area (Å²) in [7, 11) is 0. The van der Waals surface area contributed by atoms with Crippen LogP contribution in [0.1, 0.15) is 41.3 Å². The summed E-state index contributed by atoms with van der Waals surface area (Å²) in [5, 5.41) is 8.99. The first kappa shape index (κ1) is 17.3. The van der Waals surface area contributed by atoms with Gasteiger partial charge in [0.1, 0.15) is 0 Å². The quantitative estimate of drug-likeness (QED) is 0.786. The molecule has 0 N–H and O–H groups in total. The number of hydrogen-bond donors (Lipinski definition) is 0. The predicted octanol–water partition coefficient (Wildman–Crippen LogP) is 3.85. The Bertz CT molecular complexity index is 779. The molecule has 1 amide bonds. The number of nitrogens with zero attached hydrogens (tertiary/aromatic N) is 2. The monoisotopic (exact) mass is 316 g/mol. The molecular formula is C21H20N2O. The van der Waals surface area contributed by atoms with E-state index in [2.05, 4.69) is 24.8 Å². The van der Waals surface area contributed by atoms with Crippen molar-refractivity contribution in [2.45, 2.75) is 19.8 Å². The van der Waals surface area contributed by atoms with E-state index in [1.54, 1.807) is 29.2 Å². The van der Waals surface area contributed by atoms with E-state index in [0.717, 1.165) is 18.4 Å². The van der Waals surface area contributed by atoms with Gasteiger partial charge in [0.2, 0.25) is 0 Å². The minimum Gasteiger partial charge on any atom is -0.327 e. The second-order valence-corrected chi connectivity index (χ2v) is 5.44. The molecule has 2 aromatic rings. The number of carbonyl (C=O) groups excluding carboxylic acids is 1. The van der Waals surface area contributed by atoms with Crippen LogP contribution in [-0.2, 0) is 0 Å². The van der Waals surface area contributed by atoms with Crippen LogP contribution in [0.25, 0.3) is 0 Å². The van der Waals surface area contributed by atoms with Crippen molar-refractivity contribution in [3.05, 3.63) is 71.3 Å². The van der Waals surface area contributed by atoms with Gasteiger partial charge in [-0.3, -0.25) is 4.79 Å². The first-order valence-electron chi connectivity index (χ1n) is 8.08. The van der Waals surface area contributed by atoms with Crippen molar-refractivity contribution >= 4 is 5.91 Å². The average molecular weight is 316 g/mol. The van der Waals surface area contributed by atoms with Crippen molar-refractivity contribution in [2.75, 3.05) is 13.1 Å². The molecule has 2 rings (SSSR count). The predicted molar refractivity (Wildman–Crippen MR) is 95.3 cm³/mol. The van der Waals surface area contributed by atoms with E-state index < -0.39 is 0 Å². The minimum atomic E-state index is -0.0806. The maximum Gasteiger partial charge on any atom is 0.254 e. The molecular weight excluding hydrogens is 296 g/mol. The molecule has 0 fully saturated rings. The number of hydrogen-bond acceptors (Lipinski definition) is 2. The fourth-order valence-electron chi connectivity index (χ4n) is 2.26. The van der Waals surface area contributed by atoms with Crippen LogP contribution in [0, 0.1) is 23.2 Å². The molecule has 3 nitrogen and oxygen atoms in total. The molecule has 0 atom stereocenters. The second kappa shape index (κ2) is 9.18. The fourth-order valence-corrected chi connectivity index (χ4v) is 2.26. The van der Waals surface area contributed by atoms with Gasteiger partial charge in [-0.1, -0.05) is 49.5 Å². The van der Waals surface area contributed by atoms with Gasteiger partial charge in [-0.2, -0.15) is 5.26 Å². The Morgan fingerprint density at radius 2 is 1.83 bits per heavy atom. The van der Waals surface area contributed by atoms with Crippen molar-refractivity contribution in [3.8, 4) is 17.9 Å². The second-order valence-electron chi connectivity index (χ2n) is 5.44. The van der Waals surface area contributed by atoms with Gasteiger partial charge in [0.15, 0.2) is 0 Å². The highest BCUT2D eigenvalue weighted by Gasteiger charge is 2.14. The van der Waals surface area contributed by atoms with Gasteiger partial charge in [0, 0.05) is 17.7 Å². The van der Waals surface area contributed by atoms with E-state index in [1.807, 2.05) is 30.3 Å². The van der Waals surface area contributed by atoms with Gasteiger partial charge in [-0.25, -0.2) is 0 Å². The molecule has 24 heavy (non-hydrogen) atoms. The fraction of sp³-hybridized carbons (Fsp3) is 0.238. The van der Waals surface area contributed by atoms with Gasteiger partial charge < -0.3 is 4.90 Å². The normalized spacial score (nSPS) is 9.50. The number of benzene rings is 2. The summed E-state index contributed by atoms with van der Waals surface area (Å²) in [4.78, 5) is 14.5. The first-order valence-corrected chi connectivity index (χ1v) is 8.08. The zero-order valence-corrected chi connectivity index (χ0v) is 13.8. The topological polar surface area (TPSA) is 44.1 Å². The number of amides is 1. The zero-order valence-electron chi connectivity index (χ0n) is 13.8. The van der Waals surface area contributed by atoms with E-state index in [1.165, 1.54) is 0 Å². The standard InChI is InChI=1S/C21H20N2O/c1-2-3-14-23(15-8-12-18-9-5-4-6-10-18)21(24)20-13-7-11-19(16-20)17-22/h4-7,9-11,13,16H,2-3,14-15H2,1H3. The number of carbonyl (C=O) groups is 1. The Balaban J connectivity index is 2.14. The molecule has 120 valence electrons. The minimum absolute atomic E-state index is 0.0806. The van der Waals surface area contributed by atoms with Crippen LogP contribution in [0.15, 0.2) is 54.6 Å². The number of unbranched alkanes of at least 4 members (excludes halogenated alkanes) is 1. The SMILES string of the molecule is CCCCN(CC#Cc1ccccc1)C(=O)c1cccc(C#N)c1. The van der Waals surface area contributed by atoms with E-state index in [9.17, 15) is 4.79 Å². The molecule has 0 saturated carbocycles. The molecule has 3 heteroatoms. The first-order chi connectivity index (χ1) is 11.7. The summed E-state index contributed by atoms with van der Waals surface area (Å²) >= 11 is 0. The maximum absolute atomic E-state index is 12.7. The number of nitriles is 1. The van der Waals surface area contributed by atoms with Crippen LogP contribution in [0.2, 0.25) is 0 Å². The largest absolute Gasteiger partial charge is 0.327 e. The van der Waals surface area contributed by atoms with Gasteiger partial charge >= 0.3 is 0 Å². The highest BCUT2D eigenvalue weighted by atomic mass is 16.2. The van der Waals surface area contributed by atoms with Gasteiger partial charge in [0.25, 0.3) is 5.91 Å². The molecule has 0 unspecified atom stereocenters. The van der Waals surface area contributed by atoms with Crippen molar-refractivity contribution in [1.82, 2.24) is 4.90 Å². The lowest BCUT2D eigenvalue weighted by Crippen LogP contribution is -2.32. The van der Waals surface area contributed by atoms with E-state index in [0.29, 0.717) is 24.2 Å². The Hall–Kier alpha value is -3.04. The Morgan fingerprint density at radius 1 is 1.08 bits per heavy atom. The van der Waals surface area contributed by atoms with Gasteiger partial charge in [0.05, 0.1) is 18.2 Å². The lowest BCUT2D eigenvalue weighted by atomic mass is 10.1. The molecule has 0 spiro atoms. The summed E-state index contributed by atoms with van der Waals surface area (Å²) in [5.74, 6) is 6.08. The van der Waals surface area contributed by atoms with E-state index >= 15 is 0 Å². The molecule has 0 saturated heterocycles. The molecule has 0 aliphatic heterocycles. The van der Waals surface area contributed by atoms with Gasteiger partial charge in [-0.05, 0) is 36.8 Å². The third-order valence-electron chi connectivity index (χ3n) is 3.58. The molecule has 0 aliphatic rings. The van der Waals surface area contributed by atoms with Crippen LogP contribution in [0.5, 0.6) is 0 Å². The molecule has 0 aromatic heterocycles. The highest BCUT2D eigenvalue weighted by molar-refractivity contribution is 5.94. The summed E-state index contributed by atoms with van der Waals surface area (Å²) in [6, 6.07) is 18.6. The van der Waals surface area contributed by atoms with Crippen LogP contribution >= 0.6 is 0 Å². The lowest BCUT2D eigenvalue weighted by Gasteiger charge is -2.20. The van der Waals surface area contributed by atoms with Crippen LogP contribution in [0.4, 0.5) is 0 Å². The van der Waals surface area contributed by atoms with E-state index in [4.69, 9.17) is 5.26 Å². The zero-order chi connectivity index (χ0) is 17.2. The summed E-state index contributed by atoms with van der Waals surface area (Å²) < 4.78 is 0. The highest BCUT2D eigenvalue weighted by Crippen LogP contribution is 2.09. The van der Waals surface area contributed by atoms with E-state index in [-0.39, 0.29) is 5.91 Å². The van der Waals surface area contributed by atoms with Crippen LogP contribution in [0.3, 0.4) is 0 Å². The smallest absolute Gasteiger partial charge is 0.254 e. The Kier molecular flexibility index (Phi) is 6.62. The van der Waals surface area contributed by atoms with Crippen molar-refractivity contribution in [1.29, 1.82) is 5.26 Å². The number of rotatable bonds is 5. The third kappa shape index (κ3) is 5.00. The average Bonchev–Trinajstić information content (AvgIpc) is 2.65. The summed E-state index contributed by atoms with van der Waals surface area (Å²) in [6.07, 6.45) is 1.94. The van der Waals surface area contributed by atoms with Crippen molar-refractivity contribution < 1.29 is 4.79 Å². The molecule has 0 bridgehead atoms. The lowest BCUT2D eigenvalue weighted by molar-refractivity contribution is 0.0775. The van der Waals surface area contributed by atoms with Crippen molar-refractivity contribution in [2.24, 2.45) is 0 Å². The Morgan fingerprint density at radius 3 is 2.54 bits per heavy atom. The molecule has 0 heterocycles. The maximum atomic E-state index is 12.7. The van der Waals surface area contributed by atoms with Crippen molar-refractivity contribution in [3.63, 3.8) is 0 Å².